The number of anilines is 1. The lowest BCUT2D eigenvalue weighted by Gasteiger charge is -2.47. The van der Waals surface area contributed by atoms with Gasteiger partial charge >= 0.3 is 0 Å². The Kier molecular flexibility index (Phi) is 6.64. The van der Waals surface area contributed by atoms with E-state index in [1.165, 1.54) is 17.5 Å². The van der Waals surface area contributed by atoms with E-state index in [1.807, 2.05) is 32.3 Å². The van der Waals surface area contributed by atoms with Crippen LogP contribution in [-0.2, 0) is 16.1 Å². The zero-order valence-electron chi connectivity index (χ0n) is 21.0. The van der Waals surface area contributed by atoms with Gasteiger partial charge in [0.2, 0.25) is 11.8 Å². The molecule has 2 bridgehead atoms. The number of rotatable bonds is 7. The molecule has 6 atom stereocenters. The average molecular weight is 493 g/mol. The van der Waals surface area contributed by atoms with Crippen LogP contribution >= 0.6 is 0 Å². The molecular formula is C27H36N6O3. The van der Waals surface area contributed by atoms with E-state index in [0.29, 0.717) is 35.7 Å². The highest BCUT2D eigenvalue weighted by Crippen LogP contribution is 2.40. The van der Waals surface area contributed by atoms with Crippen LogP contribution in [-0.4, -0.2) is 64.3 Å². The number of hydrogen-bond acceptors (Lipinski definition) is 8. The van der Waals surface area contributed by atoms with Crippen LogP contribution in [0.2, 0.25) is 0 Å². The summed E-state index contributed by atoms with van der Waals surface area (Å²) in [7, 11) is 0. The standard InChI is InChI=1S/C27H36N6O3/c1-16(2)35-25-6-4-20(12-29-25)30-27(34)26-23-8-18(3-5-24(23)31-32-26)19-7-17(10-28-11-19)13-33-14-21-9-22(15-33)36-21/h4,6-7,10-12,16,18,21-24,26,31-32H,3,5,8-9,13-15H2,1-2H3,(H,30,34). The van der Waals surface area contributed by atoms with E-state index in [4.69, 9.17) is 9.47 Å². The molecule has 1 aliphatic carbocycles. The summed E-state index contributed by atoms with van der Waals surface area (Å²) in [6.07, 6.45) is 10.9. The fourth-order valence-electron chi connectivity index (χ4n) is 6.25. The molecule has 2 aromatic heterocycles. The Morgan fingerprint density at radius 3 is 2.75 bits per heavy atom. The summed E-state index contributed by atoms with van der Waals surface area (Å²) < 4.78 is 11.4. The van der Waals surface area contributed by atoms with Gasteiger partial charge < -0.3 is 14.8 Å². The van der Waals surface area contributed by atoms with Crippen LogP contribution in [0.4, 0.5) is 5.69 Å². The summed E-state index contributed by atoms with van der Waals surface area (Å²) >= 11 is 0. The maximum Gasteiger partial charge on any atom is 0.243 e. The van der Waals surface area contributed by atoms with Gasteiger partial charge in [-0.1, -0.05) is 6.07 Å². The number of carbonyl (C=O) groups is 1. The van der Waals surface area contributed by atoms with Gasteiger partial charge in [-0.15, -0.1) is 0 Å². The highest BCUT2D eigenvalue weighted by atomic mass is 16.5. The first-order valence-electron chi connectivity index (χ1n) is 13.3. The number of nitrogens with zero attached hydrogens (tertiary/aromatic N) is 3. The van der Waals surface area contributed by atoms with Crippen molar-refractivity contribution >= 4 is 11.6 Å². The van der Waals surface area contributed by atoms with Crippen molar-refractivity contribution in [3.8, 4) is 5.88 Å². The van der Waals surface area contributed by atoms with E-state index < -0.39 is 0 Å². The third-order valence-electron chi connectivity index (χ3n) is 7.92. The van der Waals surface area contributed by atoms with Crippen LogP contribution in [0.15, 0.2) is 36.8 Å². The first-order valence-corrected chi connectivity index (χ1v) is 13.3. The van der Waals surface area contributed by atoms with Crippen molar-refractivity contribution < 1.29 is 14.3 Å². The summed E-state index contributed by atoms with van der Waals surface area (Å²) in [6.45, 7) is 6.89. The Labute approximate surface area is 212 Å². The molecule has 3 N–H and O–H groups in total. The fourth-order valence-corrected chi connectivity index (χ4v) is 6.25. The van der Waals surface area contributed by atoms with Crippen molar-refractivity contribution in [2.24, 2.45) is 5.92 Å². The average Bonchev–Trinajstić information content (AvgIpc) is 3.28. The van der Waals surface area contributed by atoms with E-state index in [-0.39, 0.29) is 24.0 Å². The van der Waals surface area contributed by atoms with Crippen molar-refractivity contribution in [2.45, 2.75) is 82.4 Å². The summed E-state index contributed by atoms with van der Waals surface area (Å²) in [4.78, 5) is 24.6. The number of amides is 1. The second kappa shape index (κ2) is 10.0. The Bertz CT molecular complexity index is 1060. The lowest BCUT2D eigenvalue weighted by atomic mass is 9.73. The Morgan fingerprint density at radius 2 is 2.00 bits per heavy atom. The maximum atomic E-state index is 13.2. The molecule has 9 nitrogen and oxygen atoms in total. The number of pyridine rings is 2. The van der Waals surface area contributed by atoms with Gasteiger partial charge in [0.1, 0.15) is 6.04 Å². The molecule has 7 rings (SSSR count). The highest BCUT2D eigenvalue weighted by Gasteiger charge is 2.44. The number of aromatic nitrogens is 2. The second-order valence-electron chi connectivity index (χ2n) is 11.0. The fraction of sp³-hybridized carbons (Fsp3) is 0.593. The van der Waals surface area contributed by atoms with E-state index in [1.54, 1.807) is 12.3 Å². The van der Waals surface area contributed by atoms with E-state index >= 15 is 0 Å². The number of ether oxygens (including phenoxy) is 2. The number of fused-ring (bicyclic) bond motifs is 3. The lowest BCUT2D eigenvalue weighted by Crippen LogP contribution is -2.56. The third kappa shape index (κ3) is 5.11. The maximum absolute atomic E-state index is 13.2. The zero-order valence-corrected chi connectivity index (χ0v) is 21.0. The molecule has 6 unspecified atom stereocenters. The van der Waals surface area contributed by atoms with Gasteiger partial charge in [-0.3, -0.25) is 20.1 Å². The number of carbonyl (C=O) groups excluding carboxylic acids is 1. The quantitative estimate of drug-likeness (QED) is 0.542. The predicted octanol–water partition coefficient (Wildman–Crippen LogP) is 2.60. The summed E-state index contributed by atoms with van der Waals surface area (Å²) in [6, 6.07) is 5.96. The van der Waals surface area contributed by atoms with E-state index in [2.05, 4.69) is 37.1 Å². The molecule has 1 saturated carbocycles. The third-order valence-corrected chi connectivity index (χ3v) is 7.92. The second-order valence-corrected chi connectivity index (χ2v) is 11.0. The minimum absolute atomic E-state index is 0.0345. The monoisotopic (exact) mass is 492 g/mol. The Balaban J connectivity index is 1.08. The van der Waals surface area contributed by atoms with Crippen molar-refractivity contribution in [2.75, 3.05) is 18.4 Å². The van der Waals surface area contributed by atoms with Crippen LogP contribution in [0.3, 0.4) is 0 Å². The minimum Gasteiger partial charge on any atom is -0.475 e. The van der Waals surface area contributed by atoms with Crippen molar-refractivity contribution in [1.82, 2.24) is 25.7 Å². The molecule has 0 radical (unpaired) electrons. The molecule has 4 aliphatic heterocycles. The van der Waals surface area contributed by atoms with Gasteiger partial charge in [0, 0.05) is 56.5 Å². The van der Waals surface area contributed by atoms with E-state index in [0.717, 1.165) is 38.9 Å². The van der Waals surface area contributed by atoms with Crippen LogP contribution in [0.1, 0.15) is 56.6 Å². The number of hydrazine groups is 1. The van der Waals surface area contributed by atoms with Gasteiger partial charge in [-0.2, -0.15) is 0 Å². The van der Waals surface area contributed by atoms with Gasteiger partial charge in [0.15, 0.2) is 0 Å². The number of morpholine rings is 1. The van der Waals surface area contributed by atoms with Gasteiger partial charge in [-0.25, -0.2) is 10.4 Å². The lowest BCUT2D eigenvalue weighted by molar-refractivity contribution is -0.182. The van der Waals surface area contributed by atoms with Crippen LogP contribution in [0, 0.1) is 5.92 Å². The summed E-state index contributed by atoms with van der Waals surface area (Å²) in [5.41, 5.74) is 9.87. The number of hydrogen-bond donors (Lipinski definition) is 3. The molecule has 2 aromatic rings. The van der Waals surface area contributed by atoms with Gasteiger partial charge in [0.05, 0.1) is 30.2 Å². The molecule has 36 heavy (non-hydrogen) atoms. The largest absolute Gasteiger partial charge is 0.475 e. The molecular weight excluding hydrogens is 456 g/mol. The topological polar surface area (TPSA) is 101 Å². The molecule has 1 amide bonds. The van der Waals surface area contributed by atoms with Gasteiger partial charge in [0.25, 0.3) is 0 Å². The molecule has 192 valence electrons. The summed E-state index contributed by atoms with van der Waals surface area (Å²) in [5.74, 6) is 1.14. The Hall–Kier alpha value is -2.59. The molecule has 4 saturated heterocycles. The number of nitrogens with one attached hydrogen (secondary N) is 3. The van der Waals surface area contributed by atoms with Crippen molar-refractivity contribution in [3.05, 3.63) is 47.9 Å². The van der Waals surface area contributed by atoms with Crippen LogP contribution in [0.5, 0.6) is 5.88 Å². The molecule has 6 heterocycles. The highest BCUT2D eigenvalue weighted by molar-refractivity contribution is 5.95. The minimum atomic E-state index is -0.291. The molecule has 0 spiro atoms. The molecule has 5 aliphatic rings. The van der Waals surface area contributed by atoms with Crippen molar-refractivity contribution in [3.63, 3.8) is 0 Å². The molecule has 5 fully saturated rings. The van der Waals surface area contributed by atoms with Crippen molar-refractivity contribution in [1.29, 1.82) is 0 Å². The Morgan fingerprint density at radius 1 is 1.17 bits per heavy atom. The smallest absolute Gasteiger partial charge is 0.243 e. The molecule has 0 aromatic carbocycles. The summed E-state index contributed by atoms with van der Waals surface area (Å²) in [5, 5.41) is 3.03. The predicted molar refractivity (Wildman–Crippen MR) is 135 cm³/mol. The zero-order chi connectivity index (χ0) is 24.6. The van der Waals surface area contributed by atoms with Crippen LogP contribution in [0.25, 0.3) is 0 Å². The SMILES string of the molecule is CC(C)Oc1ccc(NC(=O)C2NNC3CCC(c4cncc(CN5CC6CC(C5)O6)c4)CC32)cn1. The molecule has 9 heteroatoms. The van der Waals surface area contributed by atoms with Crippen LogP contribution < -0.4 is 20.9 Å². The first-order chi connectivity index (χ1) is 17.5. The first kappa shape index (κ1) is 23.8. The number of piperidine rings is 1. The van der Waals surface area contributed by atoms with Gasteiger partial charge in [-0.05, 0) is 56.2 Å². The van der Waals surface area contributed by atoms with E-state index in [9.17, 15) is 4.79 Å². The normalized spacial score (nSPS) is 31.5.